The molecular formula is C10H20Cl2N2O2. The molecule has 0 bridgehead atoms. The Morgan fingerprint density at radius 1 is 1.25 bits per heavy atom. The van der Waals surface area contributed by atoms with Crippen molar-refractivity contribution < 1.29 is 27.2 Å². The Labute approximate surface area is 108 Å². The normalized spacial score (nSPS) is 9.00. The third kappa shape index (κ3) is 10.2. The predicted octanol–water partition coefficient (Wildman–Crippen LogP) is -2.69. The maximum Gasteiger partial charge on any atom is 0.243 e. The van der Waals surface area contributed by atoms with Crippen LogP contribution in [0.25, 0.3) is 0 Å². The molecular weight excluding hydrogens is 251 g/mol. The number of halogens is 2. The number of hydrogen-bond acceptors (Lipinski definition) is 2. The number of hydrogen-bond donors (Lipinski definition) is 2. The third-order valence-corrected chi connectivity index (χ3v) is 1.96. The van der Waals surface area contributed by atoms with Gasteiger partial charge in [0, 0.05) is 25.5 Å². The Kier molecular flexibility index (Phi) is 14.4. The Morgan fingerprint density at radius 3 is 2.19 bits per heavy atom. The molecule has 0 aliphatic heterocycles. The number of aliphatic hydroxyl groups excluding tert-OH is 2. The second-order valence-corrected chi connectivity index (χ2v) is 3.54. The van der Waals surface area contributed by atoms with Crippen molar-refractivity contribution in [2.45, 2.75) is 19.4 Å². The molecule has 1 rings (SSSR count). The van der Waals surface area contributed by atoms with Gasteiger partial charge in [-0.05, 0) is 6.42 Å². The van der Waals surface area contributed by atoms with E-state index in [-0.39, 0.29) is 25.6 Å². The van der Waals surface area contributed by atoms with Gasteiger partial charge in [0.05, 0.1) is 13.6 Å². The van der Waals surface area contributed by atoms with Crippen LogP contribution in [-0.4, -0.2) is 33.9 Å². The molecule has 0 amide bonds. The van der Waals surface area contributed by atoms with Crippen molar-refractivity contribution in [2.24, 2.45) is 7.05 Å². The van der Waals surface area contributed by atoms with Crippen LogP contribution in [0.4, 0.5) is 0 Å². The lowest BCUT2D eigenvalue weighted by molar-refractivity contribution is -0.671. The van der Waals surface area contributed by atoms with Crippen LogP contribution >= 0.6 is 11.6 Å². The fraction of sp³-hybridized carbons (Fsp3) is 0.700. The van der Waals surface area contributed by atoms with Gasteiger partial charge >= 0.3 is 0 Å². The molecule has 0 unspecified atom stereocenters. The maximum absolute atomic E-state index is 8.51. The molecule has 16 heavy (non-hydrogen) atoms. The highest BCUT2D eigenvalue weighted by molar-refractivity contribution is 6.17. The van der Waals surface area contributed by atoms with E-state index in [1.54, 1.807) is 0 Å². The molecule has 0 saturated heterocycles. The quantitative estimate of drug-likeness (QED) is 0.452. The van der Waals surface area contributed by atoms with Crippen molar-refractivity contribution in [2.75, 3.05) is 19.1 Å². The number of alkyl halides is 1. The summed E-state index contributed by atoms with van der Waals surface area (Å²) in [5.41, 5.74) is 0. The number of aliphatic hydroxyl groups is 2. The summed E-state index contributed by atoms with van der Waals surface area (Å²) in [4.78, 5) is 0. The van der Waals surface area contributed by atoms with Crippen molar-refractivity contribution in [3.8, 4) is 0 Å². The van der Waals surface area contributed by atoms with Gasteiger partial charge < -0.3 is 22.6 Å². The minimum absolute atomic E-state index is 0. The van der Waals surface area contributed by atoms with Crippen LogP contribution in [0.15, 0.2) is 18.7 Å². The Morgan fingerprint density at radius 2 is 1.88 bits per heavy atom. The van der Waals surface area contributed by atoms with Crippen LogP contribution in [0.3, 0.4) is 0 Å². The number of rotatable bonds is 5. The zero-order valence-electron chi connectivity index (χ0n) is 9.52. The Hall–Kier alpha value is -0.290. The molecule has 0 saturated carbocycles. The highest BCUT2D eigenvalue weighted by Gasteiger charge is 1.96. The van der Waals surface area contributed by atoms with Gasteiger partial charge in [-0.3, -0.25) is 0 Å². The minimum atomic E-state index is 0. The largest absolute Gasteiger partial charge is 1.00 e. The summed E-state index contributed by atoms with van der Waals surface area (Å²) in [6.07, 6.45) is 7.51. The standard InChI is InChI=1S/C7H13N2O.C3H7ClO.ClH/c1-8-4-5-9(7-8)3-2-6-10;4-2-1-3-5;/h4-5,7,10H,2-3,6H2,1H3;5H,1-3H2;1H/q+1;;/p-1. The molecule has 0 radical (unpaired) electrons. The number of imidazole rings is 1. The predicted molar refractivity (Wildman–Crippen MR) is 59.7 cm³/mol. The summed E-state index contributed by atoms with van der Waals surface area (Å²) in [5.74, 6) is 0.566. The van der Waals surface area contributed by atoms with Gasteiger partial charge in [-0.1, -0.05) is 0 Å². The average Bonchev–Trinajstić information content (AvgIpc) is 2.63. The summed E-state index contributed by atoms with van der Waals surface area (Å²) in [6, 6.07) is 0. The second kappa shape index (κ2) is 12.8. The molecule has 0 atom stereocenters. The Bertz CT molecular complexity index is 242. The molecule has 1 aromatic rings. The van der Waals surface area contributed by atoms with Crippen LogP contribution in [-0.2, 0) is 13.6 Å². The number of nitrogens with zero attached hydrogens (tertiary/aromatic N) is 2. The Balaban J connectivity index is 0. The van der Waals surface area contributed by atoms with E-state index >= 15 is 0 Å². The van der Waals surface area contributed by atoms with Gasteiger partial charge in [-0.2, -0.15) is 0 Å². The van der Waals surface area contributed by atoms with E-state index in [1.807, 2.05) is 30.3 Å². The lowest BCUT2D eigenvalue weighted by atomic mass is 10.4. The first-order valence-corrected chi connectivity index (χ1v) is 5.56. The maximum atomic E-state index is 8.51. The highest BCUT2D eigenvalue weighted by atomic mass is 35.5. The minimum Gasteiger partial charge on any atom is -1.00 e. The first kappa shape index (κ1) is 18.1. The fourth-order valence-corrected chi connectivity index (χ4v) is 1.07. The molecule has 0 aromatic carbocycles. The SMILES string of the molecule is C[n+]1ccn(CCCO)c1.OCCCCl.[Cl-]. The summed E-state index contributed by atoms with van der Waals surface area (Å²) in [6.45, 7) is 1.38. The van der Waals surface area contributed by atoms with E-state index in [1.165, 1.54) is 0 Å². The zero-order chi connectivity index (χ0) is 11.5. The lowest BCUT2D eigenvalue weighted by Crippen LogP contribution is -3.00. The highest BCUT2D eigenvalue weighted by Crippen LogP contribution is 1.86. The van der Waals surface area contributed by atoms with Gasteiger partial charge in [0.2, 0.25) is 6.33 Å². The molecule has 2 N–H and O–H groups in total. The smallest absolute Gasteiger partial charge is 0.243 e. The fourth-order valence-electron chi connectivity index (χ4n) is 0.947. The third-order valence-electron chi connectivity index (χ3n) is 1.69. The lowest BCUT2D eigenvalue weighted by Gasteiger charge is -1.90. The summed E-state index contributed by atoms with van der Waals surface area (Å²) >= 11 is 5.14. The molecule has 0 spiro atoms. The van der Waals surface area contributed by atoms with Gasteiger partial charge in [0.15, 0.2) is 0 Å². The number of aromatic nitrogens is 2. The molecule has 0 fully saturated rings. The van der Waals surface area contributed by atoms with Crippen molar-refractivity contribution in [3.05, 3.63) is 18.7 Å². The molecule has 1 aromatic heterocycles. The van der Waals surface area contributed by atoms with E-state index in [0.717, 1.165) is 13.0 Å². The van der Waals surface area contributed by atoms with Crippen LogP contribution in [0, 0.1) is 0 Å². The van der Waals surface area contributed by atoms with E-state index in [0.29, 0.717) is 12.3 Å². The van der Waals surface area contributed by atoms with Crippen LogP contribution in [0.2, 0.25) is 0 Å². The first-order valence-electron chi connectivity index (χ1n) is 5.03. The average molecular weight is 271 g/mol. The van der Waals surface area contributed by atoms with Crippen LogP contribution in [0.5, 0.6) is 0 Å². The monoisotopic (exact) mass is 270 g/mol. The van der Waals surface area contributed by atoms with Gasteiger partial charge in [-0.15, -0.1) is 11.6 Å². The second-order valence-electron chi connectivity index (χ2n) is 3.16. The van der Waals surface area contributed by atoms with Crippen molar-refractivity contribution in [3.63, 3.8) is 0 Å². The topological polar surface area (TPSA) is 49.3 Å². The van der Waals surface area contributed by atoms with Crippen molar-refractivity contribution >= 4 is 11.6 Å². The van der Waals surface area contributed by atoms with Crippen molar-refractivity contribution in [1.82, 2.24) is 4.57 Å². The van der Waals surface area contributed by atoms with Crippen LogP contribution < -0.4 is 17.0 Å². The molecule has 6 heteroatoms. The number of aryl methyl sites for hydroxylation is 2. The van der Waals surface area contributed by atoms with Gasteiger partial charge in [-0.25, -0.2) is 9.13 Å². The van der Waals surface area contributed by atoms with Crippen molar-refractivity contribution in [1.29, 1.82) is 0 Å². The van der Waals surface area contributed by atoms with E-state index < -0.39 is 0 Å². The summed E-state index contributed by atoms with van der Waals surface area (Å²) in [7, 11) is 1.98. The molecule has 0 aliphatic carbocycles. The summed E-state index contributed by atoms with van der Waals surface area (Å²) in [5, 5.41) is 16.5. The van der Waals surface area contributed by atoms with Gasteiger partial charge in [0.1, 0.15) is 12.4 Å². The zero-order valence-corrected chi connectivity index (χ0v) is 11.0. The molecule has 96 valence electrons. The van der Waals surface area contributed by atoms with Crippen LogP contribution in [0.1, 0.15) is 12.8 Å². The first-order chi connectivity index (χ1) is 7.24. The van der Waals surface area contributed by atoms with Gasteiger partial charge in [0.25, 0.3) is 0 Å². The molecule has 0 aliphatic rings. The molecule has 4 nitrogen and oxygen atoms in total. The van der Waals surface area contributed by atoms with E-state index in [9.17, 15) is 0 Å². The van der Waals surface area contributed by atoms with E-state index in [2.05, 4.69) is 4.57 Å². The molecule has 1 heterocycles. The summed E-state index contributed by atoms with van der Waals surface area (Å²) < 4.78 is 4.04. The van der Waals surface area contributed by atoms with E-state index in [4.69, 9.17) is 21.8 Å².